The lowest BCUT2D eigenvalue weighted by Crippen LogP contribution is -2.49. The number of carbonyl (C=O) groups excluding carboxylic acids is 2. The number of esters is 1. The van der Waals surface area contributed by atoms with Crippen molar-refractivity contribution in [2.75, 3.05) is 0 Å². The molecule has 1 amide bonds. The number of alkyl carbamates (subject to hydrolysis) is 1. The maximum Gasteiger partial charge on any atom is 0.408 e. The molecule has 3 aliphatic carbocycles. The minimum atomic E-state index is -0.754. The molecule has 3 bridgehead atoms. The zero-order chi connectivity index (χ0) is 21.4. The van der Waals surface area contributed by atoms with Gasteiger partial charge in [-0.15, -0.1) is 0 Å². The van der Waals surface area contributed by atoms with Crippen LogP contribution in [0.15, 0.2) is 30.3 Å². The van der Waals surface area contributed by atoms with Crippen LogP contribution in [0.2, 0.25) is 0 Å². The Morgan fingerprint density at radius 2 is 1.87 bits per heavy atom. The molecule has 1 aromatic carbocycles. The number of hydrogen-bond donors (Lipinski definition) is 1. The van der Waals surface area contributed by atoms with Crippen LogP contribution in [-0.4, -0.2) is 29.3 Å². The summed E-state index contributed by atoms with van der Waals surface area (Å²) in [6.45, 7) is 5.45. The molecule has 0 heterocycles. The first-order valence-electron chi connectivity index (χ1n) is 11.5. The number of hydrogen-bond acceptors (Lipinski definition) is 4. The molecule has 0 aliphatic heterocycles. The van der Waals surface area contributed by atoms with Crippen LogP contribution in [0.3, 0.4) is 0 Å². The Labute approximate surface area is 179 Å². The van der Waals surface area contributed by atoms with Gasteiger partial charge >= 0.3 is 12.1 Å². The van der Waals surface area contributed by atoms with Crippen molar-refractivity contribution in [1.82, 2.24) is 5.32 Å². The summed E-state index contributed by atoms with van der Waals surface area (Å²) < 4.78 is 11.7. The quantitative estimate of drug-likeness (QED) is 0.688. The van der Waals surface area contributed by atoms with Crippen LogP contribution in [0.5, 0.6) is 0 Å². The molecule has 1 aromatic rings. The molecule has 164 valence electrons. The molecule has 4 rings (SSSR count). The van der Waals surface area contributed by atoms with Gasteiger partial charge in [-0.2, -0.15) is 0 Å². The zero-order valence-electron chi connectivity index (χ0n) is 18.5. The van der Waals surface area contributed by atoms with Crippen molar-refractivity contribution in [3.05, 3.63) is 35.9 Å². The fourth-order valence-corrected chi connectivity index (χ4v) is 6.00. The highest BCUT2D eigenvalue weighted by Crippen LogP contribution is 2.56. The van der Waals surface area contributed by atoms with E-state index < -0.39 is 17.7 Å². The van der Waals surface area contributed by atoms with E-state index in [1.54, 1.807) is 0 Å². The van der Waals surface area contributed by atoms with Crippen LogP contribution in [0.25, 0.3) is 0 Å². The first-order valence-corrected chi connectivity index (χ1v) is 11.5. The second-order valence-electron chi connectivity index (χ2n) is 10.7. The Balaban J connectivity index is 1.49. The van der Waals surface area contributed by atoms with Gasteiger partial charge in [0.25, 0.3) is 0 Å². The summed E-state index contributed by atoms with van der Waals surface area (Å²) in [5.74, 6) is 1.88. The van der Waals surface area contributed by atoms with Gasteiger partial charge in [0, 0.05) is 6.42 Å². The molecular weight excluding hydrogens is 378 g/mol. The predicted molar refractivity (Wildman–Crippen MR) is 115 cm³/mol. The summed E-state index contributed by atoms with van der Waals surface area (Å²) in [4.78, 5) is 25.8. The molecule has 0 spiro atoms. The minimum absolute atomic E-state index is 0.329. The van der Waals surface area contributed by atoms with E-state index in [0.717, 1.165) is 37.2 Å². The molecule has 4 unspecified atom stereocenters. The van der Waals surface area contributed by atoms with Gasteiger partial charge in [-0.1, -0.05) is 36.8 Å². The molecule has 5 atom stereocenters. The normalized spacial score (nSPS) is 31.0. The Morgan fingerprint density at radius 1 is 1.13 bits per heavy atom. The first kappa shape index (κ1) is 21.2. The molecule has 30 heavy (non-hydrogen) atoms. The minimum Gasteiger partial charge on any atom is -0.458 e. The molecule has 0 saturated heterocycles. The summed E-state index contributed by atoms with van der Waals surface area (Å²) >= 11 is 0. The highest BCUT2D eigenvalue weighted by molar-refractivity contribution is 5.82. The number of carbonyl (C=O) groups is 2. The van der Waals surface area contributed by atoms with Crippen LogP contribution in [0.4, 0.5) is 4.79 Å². The Morgan fingerprint density at radius 3 is 2.60 bits per heavy atom. The fraction of sp³-hybridized carbons (Fsp3) is 0.680. The topological polar surface area (TPSA) is 64.6 Å². The summed E-state index contributed by atoms with van der Waals surface area (Å²) in [7, 11) is 0. The number of amides is 1. The predicted octanol–water partition coefficient (Wildman–Crippen LogP) is 5.02. The SMILES string of the molecule is CC(C)(C)OC(=O)N[C@@H](Cc1ccccc1)C(=O)OC12CCCC3CC(CC3C1)C2. The van der Waals surface area contributed by atoms with E-state index in [9.17, 15) is 9.59 Å². The van der Waals surface area contributed by atoms with Gasteiger partial charge in [0.1, 0.15) is 17.2 Å². The molecule has 0 radical (unpaired) electrons. The van der Waals surface area contributed by atoms with Crippen LogP contribution < -0.4 is 5.32 Å². The van der Waals surface area contributed by atoms with Gasteiger partial charge in [-0.25, -0.2) is 9.59 Å². The van der Waals surface area contributed by atoms with E-state index in [1.807, 2.05) is 51.1 Å². The highest BCUT2D eigenvalue weighted by Gasteiger charge is 2.52. The van der Waals surface area contributed by atoms with Crippen LogP contribution >= 0.6 is 0 Å². The van der Waals surface area contributed by atoms with Gasteiger partial charge in [0.05, 0.1) is 0 Å². The molecule has 3 saturated carbocycles. The Bertz CT molecular complexity index is 771. The lowest BCUT2D eigenvalue weighted by Gasteiger charge is -2.40. The third-order valence-electron chi connectivity index (χ3n) is 7.02. The number of fused-ring (bicyclic) bond motifs is 2. The maximum absolute atomic E-state index is 13.4. The second-order valence-corrected chi connectivity index (χ2v) is 10.7. The van der Waals surface area contributed by atoms with E-state index >= 15 is 0 Å². The molecule has 3 fully saturated rings. The fourth-order valence-electron chi connectivity index (χ4n) is 6.00. The maximum atomic E-state index is 13.4. The van der Waals surface area contributed by atoms with Crippen molar-refractivity contribution >= 4 is 12.1 Å². The third kappa shape index (κ3) is 4.98. The van der Waals surface area contributed by atoms with E-state index in [0.29, 0.717) is 18.3 Å². The van der Waals surface area contributed by atoms with Crippen LogP contribution in [0, 0.1) is 17.8 Å². The summed E-state index contributed by atoms with van der Waals surface area (Å²) in [6.07, 6.45) is 7.73. The zero-order valence-corrected chi connectivity index (χ0v) is 18.5. The number of benzene rings is 1. The summed E-state index contributed by atoms with van der Waals surface area (Å²) in [5, 5.41) is 2.78. The van der Waals surface area contributed by atoms with Gasteiger partial charge in [-0.05, 0) is 82.6 Å². The molecule has 3 aliphatic rings. The smallest absolute Gasteiger partial charge is 0.408 e. The van der Waals surface area contributed by atoms with Crippen molar-refractivity contribution in [2.24, 2.45) is 17.8 Å². The number of rotatable bonds is 5. The molecular formula is C25H35NO4. The van der Waals surface area contributed by atoms with Gasteiger partial charge in [0.15, 0.2) is 0 Å². The molecule has 1 N–H and O–H groups in total. The average molecular weight is 414 g/mol. The van der Waals surface area contributed by atoms with Crippen molar-refractivity contribution in [1.29, 1.82) is 0 Å². The second kappa shape index (κ2) is 8.24. The van der Waals surface area contributed by atoms with Gasteiger partial charge in [-0.3, -0.25) is 0 Å². The first-order chi connectivity index (χ1) is 14.2. The lowest BCUT2D eigenvalue weighted by molar-refractivity contribution is -0.169. The summed E-state index contributed by atoms with van der Waals surface area (Å²) in [5.41, 5.74) is 0.0150. The van der Waals surface area contributed by atoms with Crippen molar-refractivity contribution in [3.8, 4) is 0 Å². The van der Waals surface area contributed by atoms with Crippen molar-refractivity contribution < 1.29 is 19.1 Å². The molecule has 0 aromatic heterocycles. The van der Waals surface area contributed by atoms with Crippen LogP contribution in [0.1, 0.15) is 71.3 Å². The lowest BCUT2D eigenvalue weighted by atomic mass is 9.76. The largest absolute Gasteiger partial charge is 0.458 e. The molecule has 5 heteroatoms. The van der Waals surface area contributed by atoms with Crippen LogP contribution in [-0.2, 0) is 20.7 Å². The number of nitrogens with one attached hydrogen (secondary N) is 1. The van der Waals surface area contributed by atoms with E-state index in [2.05, 4.69) is 5.32 Å². The highest BCUT2D eigenvalue weighted by atomic mass is 16.6. The Kier molecular flexibility index (Phi) is 5.82. The summed E-state index contributed by atoms with van der Waals surface area (Å²) in [6, 6.07) is 8.99. The van der Waals surface area contributed by atoms with Gasteiger partial charge in [0.2, 0.25) is 0 Å². The monoisotopic (exact) mass is 413 g/mol. The van der Waals surface area contributed by atoms with E-state index in [-0.39, 0.29) is 11.6 Å². The average Bonchev–Trinajstić information content (AvgIpc) is 2.87. The number of ether oxygens (including phenoxy) is 2. The Hall–Kier alpha value is -2.04. The third-order valence-corrected chi connectivity index (χ3v) is 7.02. The standard InChI is InChI=1S/C25H35NO4/c1-24(2,3)30-23(28)26-21(14-17-8-5-4-6-9-17)22(27)29-25-11-7-10-19-12-18(15-25)13-20(19)16-25/h4-6,8-9,18-21H,7,10-16H2,1-3H3,(H,26,28)/t18?,19?,20?,21-,25?/m0/s1. The van der Waals surface area contributed by atoms with Crippen molar-refractivity contribution in [3.63, 3.8) is 0 Å². The molecule has 5 nitrogen and oxygen atoms in total. The van der Waals surface area contributed by atoms with E-state index in [4.69, 9.17) is 9.47 Å². The van der Waals surface area contributed by atoms with Gasteiger partial charge < -0.3 is 14.8 Å². The van der Waals surface area contributed by atoms with E-state index in [1.165, 1.54) is 19.3 Å². The van der Waals surface area contributed by atoms with Crippen molar-refractivity contribution in [2.45, 2.75) is 89.4 Å².